The minimum atomic E-state index is -0.834. The van der Waals surface area contributed by atoms with Gasteiger partial charge in [0, 0.05) is 11.8 Å². The van der Waals surface area contributed by atoms with Gasteiger partial charge < -0.3 is 0 Å². The molecule has 3 unspecified atom stereocenters. The first-order valence-corrected chi connectivity index (χ1v) is 3.49. The van der Waals surface area contributed by atoms with Gasteiger partial charge in [-0.3, -0.25) is 0 Å². The molecule has 9 heavy (non-hydrogen) atoms. The molecule has 2 aliphatic carbocycles. The van der Waals surface area contributed by atoms with Crippen LogP contribution >= 0.6 is 0 Å². The van der Waals surface area contributed by atoms with Crippen LogP contribution in [-0.4, -0.2) is 5.67 Å². The second kappa shape index (κ2) is 1.23. The van der Waals surface area contributed by atoms with Gasteiger partial charge in [0.15, 0.2) is 0 Å². The van der Waals surface area contributed by atoms with E-state index in [1.807, 2.05) is 6.92 Å². The highest BCUT2D eigenvalue weighted by molar-refractivity contribution is 5.31. The average Bonchev–Trinajstić information content (AvgIpc) is 2.19. The van der Waals surface area contributed by atoms with E-state index in [4.69, 9.17) is 0 Å². The van der Waals surface area contributed by atoms with Crippen LogP contribution in [0.25, 0.3) is 0 Å². The predicted octanol–water partition coefficient (Wildman–Crippen LogP) is 2.31. The lowest BCUT2D eigenvalue weighted by atomic mass is 10.1. The van der Waals surface area contributed by atoms with E-state index < -0.39 is 5.67 Å². The molecule has 1 saturated carbocycles. The maximum absolute atomic E-state index is 13.1. The van der Waals surface area contributed by atoms with Crippen LogP contribution in [0.4, 0.5) is 4.39 Å². The van der Waals surface area contributed by atoms with Crippen molar-refractivity contribution in [2.75, 3.05) is 0 Å². The lowest BCUT2D eigenvalue weighted by Gasteiger charge is -2.00. The molecule has 0 spiro atoms. The first-order valence-electron chi connectivity index (χ1n) is 3.49. The van der Waals surface area contributed by atoms with Crippen molar-refractivity contribution in [2.24, 2.45) is 11.8 Å². The first-order chi connectivity index (χ1) is 4.14. The Balaban J connectivity index is 2.25. The Labute approximate surface area is 54.8 Å². The molecule has 0 aromatic heterocycles. The van der Waals surface area contributed by atoms with Crippen LogP contribution in [0.5, 0.6) is 0 Å². The largest absolute Gasteiger partial charge is 0.243 e. The Kier molecular flexibility index (Phi) is 0.744. The molecule has 0 radical (unpaired) electrons. The Bertz CT molecular complexity index is 179. The molecule has 0 bridgehead atoms. The van der Waals surface area contributed by atoms with Gasteiger partial charge in [-0.2, -0.15) is 0 Å². The SMILES string of the molecule is CC1=CCC2C1C2(C)F. The summed E-state index contributed by atoms with van der Waals surface area (Å²) in [5.41, 5.74) is 0.434. The molecule has 50 valence electrons. The Morgan fingerprint density at radius 3 is 2.67 bits per heavy atom. The van der Waals surface area contributed by atoms with E-state index in [2.05, 4.69) is 6.08 Å². The molecule has 3 atom stereocenters. The van der Waals surface area contributed by atoms with Crippen molar-refractivity contribution in [2.45, 2.75) is 25.9 Å². The summed E-state index contributed by atoms with van der Waals surface area (Å²) in [5, 5.41) is 0. The second-order valence-corrected chi connectivity index (χ2v) is 3.42. The summed E-state index contributed by atoms with van der Waals surface area (Å²) in [6.45, 7) is 3.76. The van der Waals surface area contributed by atoms with E-state index in [9.17, 15) is 4.39 Å². The Morgan fingerprint density at radius 2 is 2.44 bits per heavy atom. The van der Waals surface area contributed by atoms with Gasteiger partial charge >= 0.3 is 0 Å². The zero-order valence-corrected chi connectivity index (χ0v) is 5.82. The molecule has 0 heterocycles. The van der Waals surface area contributed by atoms with Crippen molar-refractivity contribution in [3.63, 3.8) is 0 Å². The standard InChI is InChI=1S/C8H11F/c1-5-3-4-6-7(5)8(6,2)9/h3,6-7H,4H2,1-2H3. The summed E-state index contributed by atoms with van der Waals surface area (Å²) in [7, 11) is 0. The third-order valence-corrected chi connectivity index (χ3v) is 2.81. The minimum absolute atomic E-state index is 0.289. The van der Waals surface area contributed by atoms with Gasteiger partial charge in [-0.1, -0.05) is 11.6 Å². The molecule has 0 nitrogen and oxygen atoms in total. The highest BCUT2D eigenvalue weighted by Gasteiger charge is 2.64. The molecule has 0 aliphatic heterocycles. The van der Waals surface area contributed by atoms with Crippen molar-refractivity contribution in [1.29, 1.82) is 0 Å². The topological polar surface area (TPSA) is 0 Å². The first kappa shape index (κ1) is 5.45. The van der Waals surface area contributed by atoms with Gasteiger partial charge in [0.1, 0.15) is 5.67 Å². The Morgan fingerprint density at radius 1 is 1.78 bits per heavy atom. The van der Waals surface area contributed by atoms with Crippen molar-refractivity contribution >= 4 is 0 Å². The van der Waals surface area contributed by atoms with Crippen LogP contribution in [0.15, 0.2) is 11.6 Å². The molecule has 2 aliphatic rings. The number of hydrogen-bond acceptors (Lipinski definition) is 0. The van der Waals surface area contributed by atoms with Crippen molar-refractivity contribution < 1.29 is 4.39 Å². The maximum atomic E-state index is 13.1. The molecule has 0 aromatic rings. The summed E-state index contributed by atoms with van der Waals surface area (Å²) in [4.78, 5) is 0. The summed E-state index contributed by atoms with van der Waals surface area (Å²) in [6, 6.07) is 0. The number of allylic oxidation sites excluding steroid dienone is 2. The van der Waals surface area contributed by atoms with Crippen LogP contribution in [0, 0.1) is 11.8 Å². The molecular formula is C8H11F. The third-order valence-electron chi connectivity index (χ3n) is 2.81. The smallest absolute Gasteiger partial charge is 0.118 e. The quantitative estimate of drug-likeness (QED) is 0.437. The van der Waals surface area contributed by atoms with Gasteiger partial charge in [0.25, 0.3) is 0 Å². The number of halogens is 1. The second-order valence-electron chi connectivity index (χ2n) is 3.42. The van der Waals surface area contributed by atoms with Gasteiger partial charge in [-0.05, 0) is 20.3 Å². The number of hydrogen-bond donors (Lipinski definition) is 0. The van der Waals surface area contributed by atoms with Crippen LogP contribution in [-0.2, 0) is 0 Å². The van der Waals surface area contributed by atoms with E-state index in [0.717, 1.165) is 6.42 Å². The lowest BCUT2D eigenvalue weighted by molar-refractivity contribution is 0.293. The van der Waals surface area contributed by atoms with E-state index in [-0.39, 0.29) is 5.92 Å². The zero-order chi connectivity index (χ0) is 6.65. The molecule has 0 aromatic carbocycles. The molecule has 0 saturated heterocycles. The molecule has 1 heteroatoms. The van der Waals surface area contributed by atoms with E-state index >= 15 is 0 Å². The van der Waals surface area contributed by atoms with Crippen LogP contribution in [0.2, 0.25) is 0 Å². The van der Waals surface area contributed by atoms with Crippen molar-refractivity contribution in [1.82, 2.24) is 0 Å². The molecule has 2 rings (SSSR count). The van der Waals surface area contributed by atoms with Crippen LogP contribution in [0.1, 0.15) is 20.3 Å². The maximum Gasteiger partial charge on any atom is 0.118 e. The fourth-order valence-corrected chi connectivity index (χ4v) is 2.14. The van der Waals surface area contributed by atoms with E-state index in [1.54, 1.807) is 6.92 Å². The summed E-state index contributed by atoms with van der Waals surface area (Å²) in [6.07, 6.45) is 3.14. The highest BCUT2D eigenvalue weighted by Crippen LogP contribution is 2.62. The minimum Gasteiger partial charge on any atom is -0.243 e. The molecule has 1 fully saturated rings. The fourth-order valence-electron chi connectivity index (χ4n) is 2.14. The van der Waals surface area contributed by atoms with Gasteiger partial charge in [0.2, 0.25) is 0 Å². The summed E-state index contributed by atoms with van der Waals surface area (Å²) in [5.74, 6) is 0.634. The van der Waals surface area contributed by atoms with Gasteiger partial charge in [0.05, 0.1) is 0 Å². The third kappa shape index (κ3) is 0.480. The monoisotopic (exact) mass is 126 g/mol. The fraction of sp³-hybridized carbons (Fsp3) is 0.750. The molecule has 0 N–H and O–H groups in total. The van der Waals surface area contributed by atoms with Crippen molar-refractivity contribution in [3.8, 4) is 0 Å². The Hall–Kier alpha value is -0.330. The number of fused-ring (bicyclic) bond motifs is 1. The van der Waals surface area contributed by atoms with Crippen molar-refractivity contribution in [3.05, 3.63) is 11.6 Å². The van der Waals surface area contributed by atoms with Crippen LogP contribution < -0.4 is 0 Å². The number of rotatable bonds is 0. The molecule has 0 amide bonds. The lowest BCUT2D eigenvalue weighted by Crippen LogP contribution is -2.00. The highest BCUT2D eigenvalue weighted by atomic mass is 19.1. The normalized spacial score (nSPS) is 54.8. The van der Waals surface area contributed by atoms with Gasteiger partial charge in [-0.25, -0.2) is 4.39 Å². The average molecular weight is 126 g/mol. The van der Waals surface area contributed by atoms with Crippen LogP contribution in [0.3, 0.4) is 0 Å². The molecular weight excluding hydrogens is 115 g/mol. The summed E-state index contributed by atoms with van der Waals surface area (Å²) < 4.78 is 13.1. The summed E-state index contributed by atoms with van der Waals surface area (Å²) >= 11 is 0. The van der Waals surface area contributed by atoms with E-state index in [0.29, 0.717) is 5.92 Å². The predicted molar refractivity (Wildman–Crippen MR) is 34.9 cm³/mol. The van der Waals surface area contributed by atoms with E-state index in [1.165, 1.54) is 5.57 Å². The van der Waals surface area contributed by atoms with Gasteiger partial charge in [-0.15, -0.1) is 0 Å². The zero-order valence-electron chi connectivity index (χ0n) is 5.82. The number of alkyl halides is 1.